The Labute approximate surface area is 151 Å². The quantitative estimate of drug-likeness (QED) is 0.611. The molecule has 2 rings (SSSR count). The number of rotatable bonds is 5. The van der Waals surface area contributed by atoms with Crippen LogP contribution in [0.5, 0.6) is 0 Å². The fraction of sp³-hybridized carbons (Fsp3) is 0.188. The summed E-state index contributed by atoms with van der Waals surface area (Å²) in [5, 5.41) is 12.7. The largest absolute Gasteiger partial charge is 0.412 e. The van der Waals surface area contributed by atoms with Crippen molar-refractivity contribution in [2.45, 2.75) is 17.1 Å². The van der Waals surface area contributed by atoms with Crippen molar-refractivity contribution in [3.05, 3.63) is 69.8 Å². The standard InChI is InChI=1S/C16H13F3N2O5S/c1-27(25,26)13-8-11(7-12(9-13)21(23)24)15(22)20-14(16(17,18)19)10-5-3-2-4-6-10/h2-9,14H,1H3,(H,20,22). The van der Waals surface area contributed by atoms with Crippen molar-refractivity contribution in [2.24, 2.45) is 0 Å². The lowest BCUT2D eigenvalue weighted by atomic mass is 10.1. The molecular formula is C16H13F3N2O5S. The Kier molecular flexibility index (Phi) is 5.54. The first-order valence-electron chi connectivity index (χ1n) is 7.31. The van der Waals surface area contributed by atoms with Crippen LogP contribution in [0.1, 0.15) is 22.0 Å². The van der Waals surface area contributed by atoms with E-state index in [1.54, 1.807) is 5.32 Å². The molecule has 0 spiro atoms. The second-order valence-electron chi connectivity index (χ2n) is 5.60. The maximum Gasteiger partial charge on any atom is 0.412 e. The molecule has 1 unspecified atom stereocenters. The molecule has 0 heterocycles. The first-order valence-corrected chi connectivity index (χ1v) is 9.21. The van der Waals surface area contributed by atoms with Crippen LogP contribution in [0.4, 0.5) is 18.9 Å². The Morgan fingerprint density at radius 2 is 1.74 bits per heavy atom. The fourth-order valence-corrected chi connectivity index (χ4v) is 2.92. The Hall–Kier alpha value is -2.95. The van der Waals surface area contributed by atoms with E-state index in [0.717, 1.165) is 30.5 Å². The number of hydrogen-bond acceptors (Lipinski definition) is 5. The lowest BCUT2D eigenvalue weighted by molar-refractivity contribution is -0.385. The van der Waals surface area contributed by atoms with Gasteiger partial charge in [0.05, 0.1) is 9.82 Å². The number of halogens is 3. The van der Waals surface area contributed by atoms with Crippen LogP contribution in [-0.4, -0.2) is 31.7 Å². The smallest absolute Gasteiger partial charge is 0.337 e. The summed E-state index contributed by atoms with van der Waals surface area (Å²) in [5.74, 6) is -1.30. The van der Waals surface area contributed by atoms with E-state index < -0.39 is 49.0 Å². The number of benzene rings is 2. The van der Waals surface area contributed by atoms with Gasteiger partial charge in [-0.25, -0.2) is 8.42 Å². The Morgan fingerprint density at radius 3 is 2.22 bits per heavy atom. The molecule has 0 radical (unpaired) electrons. The minimum absolute atomic E-state index is 0.243. The molecule has 1 N–H and O–H groups in total. The molecule has 0 aliphatic rings. The number of amides is 1. The van der Waals surface area contributed by atoms with Crippen LogP contribution in [0.3, 0.4) is 0 Å². The molecule has 2 aromatic rings. The fourth-order valence-electron chi connectivity index (χ4n) is 2.25. The van der Waals surface area contributed by atoms with Gasteiger partial charge in [0, 0.05) is 24.0 Å². The summed E-state index contributed by atoms with van der Waals surface area (Å²) in [4.78, 5) is 21.8. The summed E-state index contributed by atoms with van der Waals surface area (Å²) in [7, 11) is -3.93. The SMILES string of the molecule is CS(=O)(=O)c1cc(C(=O)NC(c2ccccc2)C(F)(F)F)cc([N+](=O)[O-])c1. The van der Waals surface area contributed by atoms with E-state index in [1.165, 1.54) is 18.2 Å². The molecule has 0 aliphatic heterocycles. The van der Waals surface area contributed by atoms with Crippen LogP contribution in [0.15, 0.2) is 53.4 Å². The molecular weight excluding hydrogens is 389 g/mol. The first kappa shape index (κ1) is 20.4. The number of carbonyl (C=O) groups is 1. The zero-order chi connectivity index (χ0) is 20.4. The van der Waals surface area contributed by atoms with Crippen LogP contribution < -0.4 is 5.32 Å². The van der Waals surface area contributed by atoms with Gasteiger partial charge in [0.1, 0.15) is 0 Å². The third kappa shape index (κ3) is 5.03. The van der Waals surface area contributed by atoms with Gasteiger partial charge >= 0.3 is 6.18 Å². The molecule has 11 heteroatoms. The van der Waals surface area contributed by atoms with E-state index in [9.17, 15) is 36.5 Å². The number of sulfone groups is 1. The number of non-ortho nitro benzene ring substituents is 1. The van der Waals surface area contributed by atoms with Crippen molar-refractivity contribution in [2.75, 3.05) is 6.26 Å². The van der Waals surface area contributed by atoms with E-state index in [1.807, 2.05) is 0 Å². The third-order valence-corrected chi connectivity index (χ3v) is 4.62. The molecule has 1 atom stereocenters. The van der Waals surface area contributed by atoms with Crippen LogP contribution in [0, 0.1) is 10.1 Å². The average Bonchev–Trinajstić information content (AvgIpc) is 2.58. The van der Waals surface area contributed by atoms with Gasteiger partial charge in [-0.1, -0.05) is 30.3 Å². The number of hydrogen-bond donors (Lipinski definition) is 1. The molecule has 0 saturated heterocycles. The van der Waals surface area contributed by atoms with Gasteiger partial charge in [-0.15, -0.1) is 0 Å². The zero-order valence-corrected chi connectivity index (χ0v) is 14.5. The van der Waals surface area contributed by atoms with Crippen LogP contribution >= 0.6 is 0 Å². The number of nitrogens with zero attached hydrogens (tertiary/aromatic N) is 1. The molecule has 1 amide bonds. The summed E-state index contributed by atoms with van der Waals surface area (Å²) in [6, 6.07) is 6.39. The number of carbonyl (C=O) groups excluding carboxylic acids is 1. The van der Waals surface area contributed by atoms with Crippen LogP contribution in [0.25, 0.3) is 0 Å². The minimum Gasteiger partial charge on any atom is -0.337 e. The number of nitro benzene ring substituents is 1. The van der Waals surface area contributed by atoms with Crippen molar-refractivity contribution in [1.82, 2.24) is 5.32 Å². The summed E-state index contributed by atoms with van der Waals surface area (Å²) in [6.45, 7) is 0. The van der Waals surface area contributed by atoms with E-state index in [2.05, 4.69) is 0 Å². The van der Waals surface area contributed by atoms with Gasteiger partial charge < -0.3 is 5.32 Å². The number of nitro groups is 1. The van der Waals surface area contributed by atoms with E-state index >= 15 is 0 Å². The highest BCUT2D eigenvalue weighted by atomic mass is 32.2. The maximum atomic E-state index is 13.3. The van der Waals surface area contributed by atoms with E-state index in [4.69, 9.17) is 0 Å². The molecule has 27 heavy (non-hydrogen) atoms. The topological polar surface area (TPSA) is 106 Å². The first-order chi connectivity index (χ1) is 12.4. The Morgan fingerprint density at radius 1 is 1.15 bits per heavy atom. The van der Waals surface area contributed by atoms with Gasteiger partial charge in [-0.3, -0.25) is 14.9 Å². The lowest BCUT2D eigenvalue weighted by Crippen LogP contribution is -2.38. The third-order valence-electron chi connectivity index (χ3n) is 3.53. The molecule has 0 aliphatic carbocycles. The molecule has 0 aromatic heterocycles. The van der Waals surface area contributed by atoms with Crippen LogP contribution in [-0.2, 0) is 9.84 Å². The molecule has 0 saturated carbocycles. The highest BCUT2D eigenvalue weighted by molar-refractivity contribution is 7.90. The summed E-state index contributed by atoms with van der Waals surface area (Å²) in [6.07, 6.45) is -4.08. The normalized spacial score (nSPS) is 13.0. The second-order valence-corrected chi connectivity index (χ2v) is 7.62. The predicted octanol–water partition coefficient (Wildman–Crippen LogP) is 3.03. The van der Waals surface area contributed by atoms with Gasteiger partial charge in [0.15, 0.2) is 15.9 Å². The Bertz CT molecular complexity index is 975. The van der Waals surface area contributed by atoms with E-state index in [-0.39, 0.29) is 5.56 Å². The zero-order valence-electron chi connectivity index (χ0n) is 13.7. The predicted molar refractivity (Wildman–Crippen MR) is 88.9 cm³/mol. The van der Waals surface area contributed by atoms with Gasteiger partial charge in [0.2, 0.25) is 0 Å². The lowest BCUT2D eigenvalue weighted by Gasteiger charge is -2.22. The van der Waals surface area contributed by atoms with Crippen molar-refractivity contribution >= 4 is 21.4 Å². The molecule has 7 nitrogen and oxygen atoms in total. The average molecular weight is 402 g/mol. The minimum atomic E-state index is -4.84. The van der Waals surface area contributed by atoms with E-state index in [0.29, 0.717) is 6.07 Å². The summed E-state index contributed by atoms with van der Waals surface area (Å²) >= 11 is 0. The van der Waals surface area contributed by atoms with Crippen molar-refractivity contribution in [3.63, 3.8) is 0 Å². The monoisotopic (exact) mass is 402 g/mol. The highest BCUT2D eigenvalue weighted by Gasteiger charge is 2.42. The summed E-state index contributed by atoms with van der Waals surface area (Å²) in [5.41, 5.74) is -1.55. The molecule has 144 valence electrons. The second kappa shape index (κ2) is 7.35. The van der Waals surface area contributed by atoms with Crippen molar-refractivity contribution in [3.8, 4) is 0 Å². The highest BCUT2D eigenvalue weighted by Crippen LogP contribution is 2.33. The molecule has 2 aromatic carbocycles. The number of alkyl halides is 3. The van der Waals surface area contributed by atoms with Crippen molar-refractivity contribution in [1.29, 1.82) is 0 Å². The molecule has 0 fully saturated rings. The van der Waals surface area contributed by atoms with Crippen molar-refractivity contribution < 1.29 is 31.3 Å². The van der Waals surface area contributed by atoms with Gasteiger partial charge in [-0.2, -0.15) is 13.2 Å². The number of nitrogens with one attached hydrogen (secondary N) is 1. The van der Waals surface area contributed by atoms with Gasteiger partial charge in [-0.05, 0) is 11.6 Å². The maximum absolute atomic E-state index is 13.3. The Balaban J connectivity index is 2.47. The molecule has 0 bridgehead atoms. The van der Waals surface area contributed by atoms with Crippen LogP contribution in [0.2, 0.25) is 0 Å². The summed E-state index contributed by atoms with van der Waals surface area (Å²) < 4.78 is 63.3. The van der Waals surface area contributed by atoms with Gasteiger partial charge in [0.25, 0.3) is 11.6 Å².